The molecule has 3 atom stereocenters. The Bertz CT molecular complexity index is 340. The van der Waals surface area contributed by atoms with Gasteiger partial charge in [0.15, 0.2) is 0 Å². The number of amides is 1. The van der Waals surface area contributed by atoms with Gasteiger partial charge in [0.2, 0.25) is 5.91 Å². The quantitative estimate of drug-likeness (QED) is 0.764. The summed E-state index contributed by atoms with van der Waals surface area (Å²) >= 11 is 0. The largest absolute Gasteiger partial charge is 0.348 e. The zero-order chi connectivity index (χ0) is 12.3. The van der Waals surface area contributed by atoms with Gasteiger partial charge < -0.3 is 10.6 Å². The Kier molecular flexibility index (Phi) is 4.00. The van der Waals surface area contributed by atoms with Gasteiger partial charge in [-0.1, -0.05) is 37.1 Å². The summed E-state index contributed by atoms with van der Waals surface area (Å²) in [5.41, 5.74) is 1.24. The molecule has 1 amide bonds. The number of carbonyl (C=O) groups excluding carboxylic acids is 1. The molecule has 0 bridgehead atoms. The van der Waals surface area contributed by atoms with Gasteiger partial charge in [0.05, 0.1) is 12.1 Å². The van der Waals surface area contributed by atoms with Gasteiger partial charge in [-0.25, -0.2) is 0 Å². The highest BCUT2D eigenvalue weighted by atomic mass is 16.2. The SMILES string of the molecule is CC1=CC=CC(C)C1NC(=O)[C@@H]1CCCCN1. The van der Waals surface area contributed by atoms with E-state index in [-0.39, 0.29) is 18.0 Å². The fourth-order valence-corrected chi connectivity index (χ4v) is 2.59. The van der Waals surface area contributed by atoms with Crippen LogP contribution in [0.3, 0.4) is 0 Å². The monoisotopic (exact) mass is 234 g/mol. The Morgan fingerprint density at radius 3 is 2.94 bits per heavy atom. The molecule has 0 spiro atoms. The van der Waals surface area contributed by atoms with Crippen molar-refractivity contribution in [2.24, 2.45) is 5.92 Å². The zero-order valence-electron chi connectivity index (χ0n) is 10.7. The van der Waals surface area contributed by atoms with E-state index >= 15 is 0 Å². The maximum atomic E-state index is 12.1. The maximum absolute atomic E-state index is 12.1. The van der Waals surface area contributed by atoms with Crippen LogP contribution in [0, 0.1) is 5.92 Å². The molecule has 1 aliphatic heterocycles. The van der Waals surface area contributed by atoms with Crippen molar-refractivity contribution in [2.75, 3.05) is 6.54 Å². The van der Waals surface area contributed by atoms with Crippen molar-refractivity contribution in [3.05, 3.63) is 23.8 Å². The minimum Gasteiger partial charge on any atom is -0.348 e. The van der Waals surface area contributed by atoms with Crippen LogP contribution in [-0.4, -0.2) is 24.5 Å². The number of piperidine rings is 1. The molecular weight excluding hydrogens is 212 g/mol. The number of hydrogen-bond donors (Lipinski definition) is 2. The molecule has 3 heteroatoms. The highest BCUT2D eigenvalue weighted by Gasteiger charge is 2.26. The molecule has 1 aliphatic carbocycles. The van der Waals surface area contributed by atoms with Crippen LogP contribution in [0.5, 0.6) is 0 Å². The Morgan fingerprint density at radius 2 is 2.29 bits per heavy atom. The van der Waals surface area contributed by atoms with Gasteiger partial charge in [-0.3, -0.25) is 4.79 Å². The molecule has 0 aromatic rings. The van der Waals surface area contributed by atoms with Crippen LogP contribution in [0.15, 0.2) is 23.8 Å². The van der Waals surface area contributed by atoms with E-state index in [2.05, 4.69) is 42.7 Å². The van der Waals surface area contributed by atoms with Crippen LogP contribution in [0.4, 0.5) is 0 Å². The third-order valence-electron chi connectivity index (χ3n) is 3.71. The first-order valence-electron chi connectivity index (χ1n) is 6.57. The number of rotatable bonds is 2. The molecule has 0 aromatic heterocycles. The van der Waals surface area contributed by atoms with Crippen molar-refractivity contribution in [3.8, 4) is 0 Å². The highest BCUT2D eigenvalue weighted by molar-refractivity contribution is 5.82. The highest BCUT2D eigenvalue weighted by Crippen LogP contribution is 2.19. The van der Waals surface area contributed by atoms with E-state index in [1.165, 1.54) is 12.0 Å². The molecular formula is C14H22N2O. The summed E-state index contributed by atoms with van der Waals surface area (Å²) in [6, 6.07) is 0.172. The summed E-state index contributed by atoms with van der Waals surface area (Å²) in [6.45, 7) is 5.19. The fraction of sp³-hybridized carbons (Fsp3) is 0.643. The van der Waals surface area contributed by atoms with Crippen LogP contribution in [0.25, 0.3) is 0 Å². The Labute approximate surface area is 103 Å². The minimum absolute atomic E-state index is 0.00894. The molecule has 2 N–H and O–H groups in total. The van der Waals surface area contributed by atoms with E-state index < -0.39 is 0 Å². The van der Waals surface area contributed by atoms with Crippen molar-refractivity contribution in [1.29, 1.82) is 0 Å². The van der Waals surface area contributed by atoms with E-state index in [0.717, 1.165) is 19.4 Å². The van der Waals surface area contributed by atoms with Gasteiger partial charge in [0.25, 0.3) is 0 Å². The third-order valence-corrected chi connectivity index (χ3v) is 3.71. The molecule has 3 nitrogen and oxygen atoms in total. The van der Waals surface area contributed by atoms with Gasteiger partial charge >= 0.3 is 0 Å². The average molecular weight is 234 g/mol. The van der Waals surface area contributed by atoms with E-state index in [0.29, 0.717) is 5.92 Å². The summed E-state index contributed by atoms with van der Waals surface area (Å²) < 4.78 is 0. The predicted octanol–water partition coefficient (Wildman–Crippen LogP) is 1.77. The Balaban J connectivity index is 1.93. The number of nitrogens with one attached hydrogen (secondary N) is 2. The van der Waals surface area contributed by atoms with E-state index in [4.69, 9.17) is 0 Å². The number of carbonyl (C=O) groups is 1. The smallest absolute Gasteiger partial charge is 0.237 e. The Morgan fingerprint density at radius 1 is 1.47 bits per heavy atom. The van der Waals surface area contributed by atoms with Crippen LogP contribution < -0.4 is 10.6 Å². The molecule has 2 aliphatic rings. The molecule has 2 rings (SSSR count). The van der Waals surface area contributed by atoms with Crippen LogP contribution in [-0.2, 0) is 4.79 Å². The first-order chi connectivity index (χ1) is 8.18. The summed E-state index contributed by atoms with van der Waals surface area (Å²) in [5.74, 6) is 0.539. The molecule has 0 aromatic carbocycles. The Hall–Kier alpha value is -1.09. The van der Waals surface area contributed by atoms with E-state index in [1.54, 1.807) is 0 Å². The summed E-state index contributed by atoms with van der Waals surface area (Å²) in [4.78, 5) is 12.1. The van der Waals surface area contributed by atoms with Crippen molar-refractivity contribution in [3.63, 3.8) is 0 Å². The molecule has 1 fully saturated rings. The standard InChI is InChI=1S/C14H22N2O/c1-10-6-5-7-11(2)13(10)16-14(17)12-8-3-4-9-15-12/h5-7,10,12-13,15H,3-4,8-9H2,1-2H3,(H,16,17)/t10?,12-,13?/m0/s1. The molecule has 0 saturated carbocycles. The summed E-state index contributed by atoms with van der Waals surface area (Å²) in [6.07, 6.45) is 9.60. The lowest BCUT2D eigenvalue weighted by molar-refractivity contribution is -0.124. The first-order valence-corrected chi connectivity index (χ1v) is 6.57. The van der Waals surface area contributed by atoms with E-state index in [1.807, 2.05) is 0 Å². The zero-order valence-corrected chi connectivity index (χ0v) is 10.7. The lowest BCUT2D eigenvalue weighted by Crippen LogP contribution is -2.51. The van der Waals surface area contributed by atoms with Crippen molar-refractivity contribution in [2.45, 2.75) is 45.2 Å². The first kappa shape index (κ1) is 12.4. The second-order valence-electron chi connectivity index (χ2n) is 5.14. The van der Waals surface area contributed by atoms with Gasteiger partial charge in [0.1, 0.15) is 0 Å². The lowest BCUT2D eigenvalue weighted by atomic mass is 9.90. The van der Waals surface area contributed by atoms with Crippen LogP contribution in [0.1, 0.15) is 33.1 Å². The van der Waals surface area contributed by atoms with Gasteiger partial charge in [-0.05, 0) is 32.2 Å². The second kappa shape index (κ2) is 5.50. The topological polar surface area (TPSA) is 41.1 Å². The maximum Gasteiger partial charge on any atom is 0.237 e. The van der Waals surface area contributed by atoms with Crippen molar-refractivity contribution >= 4 is 5.91 Å². The normalized spacial score (nSPS) is 33.1. The lowest BCUT2D eigenvalue weighted by Gasteiger charge is -2.30. The van der Waals surface area contributed by atoms with Crippen molar-refractivity contribution < 1.29 is 4.79 Å². The van der Waals surface area contributed by atoms with Gasteiger partial charge in [0, 0.05) is 0 Å². The number of allylic oxidation sites excluding steroid dienone is 2. The fourth-order valence-electron chi connectivity index (χ4n) is 2.59. The molecule has 0 radical (unpaired) electrons. The molecule has 1 heterocycles. The minimum atomic E-state index is 0.00894. The summed E-state index contributed by atoms with van der Waals surface area (Å²) in [5, 5.41) is 6.46. The average Bonchev–Trinajstić information content (AvgIpc) is 2.35. The van der Waals surface area contributed by atoms with Crippen LogP contribution >= 0.6 is 0 Å². The van der Waals surface area contributed by atoms with Crippen molar-refractivity contribution in [1.82, 2.24) is 10.6 Å². The predicted molar refractivity (Wildman–Crippen MR) is 69.6 cm³/mol. The van der Waals surface area contributed by atoms with E-state index in [9.17, 15) is 4.79 Å². The third kappa shape index (κ3) is 2.97. The molecule has 2 unspecified atom stereocenters. The summed E-state index contributed by atoms with van der Waals surface area (Å²) in [7, 11) is 0. The number of hydrogen-bond acceptors (Lipinski definition) is 2. The van der Waals surface area contributed by atoms with Crippen LogP contribution in [0.2, 0.25) is 0 Å². The molecule has 17 heavy (non-hydrogen) atoms. The van der Waals surface area contributed by atoms with Gasteiger partial charge in [-0.2, -0.15) is 0 Å². The molecule has 1 saturated heterocycles. The van der Waals surface area contributed by atoms with Gasteiger partial charge in [-0.15, -0.1) is 0 Å². The second-order valence-corrected chi connectivity index (χ2v) is 5.14. The molecule has 94 valence electrons.